The predicted octanol–water partition coefficient (Wildman–Crippen LogP) is 2.83. The van der Waals surface area contributed by atoms with E-state index in [0.717, 1.165) is 42.7 Å². The van der Waals surface area contributed by atoms with Crippen molar-refractivity contribution >= 4 is 17.6 Å². The number of aryl methyl sites for hydroxylation is 2. The van der Waals surface area contributed by atoms with Crippen LogP contribution in [0.1, 0.15) is 36.8 Å². The number of anilines is 1. The van der Waals surface area contributed by atoms with Crippen LogP contribution in [-0.2, 0) is 4.79 Å². The molecule has 1 aromatic rings. The number of hydrogen-bond donors (Lipinski definition) is 2. The molecule has 0 aromatic heterocycles. The molecule has 0 unspecified atom stereocenters. The summed E-state index contributed by atoms with van der Waals surface area (Å²) in [7, 11) is 0. The molecular weight excluding hydrogens is 278 g/mol. The van der Waals surface area contributed by atoms with Gasteiger partial charge in [0.05, 0.1) is 6.54 Å². The van der Waals surface area contributed by atoms with Gasteiger partial charge in [0.1, 0.15) is 0 Å². The molecule has 0 spiro atoms. The summed E-state index contributed by atoms with van der Waals surface area (Å²) >= 11 is 0. The Kier molecular flexibility index (Phi) is 5.95. The van der Waals surface area contributed by atoms with Crippen LogP contribution >= 0.6 is 0 Å². The Labute approximate surface area is 132 Å². The number of benzene rings is 1. The highest BCUT2D eigenvalue weighted by Crippen LogP contribution is 2.15. The van der Waals surface area contributed by atoms with Gasteiger partial charge in [0, 0.05) is 5.69 Å². The van der Waals surface area contributed by atoms with Gasteiger partial charge in [-0.2, -0.15) is 0 Å². The van der Waals surface area contributed by atoms with Crippen molar-refractivity contribution in [3.8, 4) is 0 Å². The fraction of sp³-hybridized carbons (Fsp3) is 0.529. The molecule has 1 heterocycles. The van der Waals surface area contributed by atoms with Crippen molar-refractivity contribution in [2.75, 3.05) is 25.0 Å². The van der Waals surface area contributed by atoms with E-state index in [-0.39, 0.29) is 5.91 Å². The Morgan fingerprint density at radius 3 is 2.41 bits per heavy atom. The molecule has 1 aromatic carbocycles. The summed E-state index contributed by atoms with van der Waals surface area (Å²) in [5.41, 5.74) is 2.85. The number of amides is 3. The third kappa shape index (κ3) is 5.15. The SMILES string of the molecule is Cc1ccc(NC(=O)NC(=O)CN2CCCCCC2)c(C)c1. The van der Waals surface area contributed by atoms with Gasteiger partial charge in [-0.25, -0.2) is 4.79 Å². The lowest BCUT2D eigenvalue weighted by Crippen LogP contribution is -2.42. The molecule has 1 fully saturated rings. The second-order valence-electron chi connectivity index (χ2n) is 6.01. The lowest BCUT2D eigenvalue weighted by Gasteiger charge is -2.18. The Morgan fingerprint density at radius 1 is 1.09 bits per heavy atom. The van der Waals surface area contributed by atoms with Crippen LogP contribution in [0.25, 0.3) is 0 Å². The van der Waals surface area contributed by atoms with Gasteiger partial charge >= 0.3 is 6.03 Å². The highest BCUT2D eigenvalue weighted by Gasteiger charge is 2.15. The Hall–Kier alpha value is -1.88. The van der Waals surface area contributed by atoms with Gasteiger partial charge in [0.25, 0.3) is 0 Å². The molecule has 0 atom stereocenters. The molecule has 5 heteroatoms. The highest BCUT2D eigenvalue weighted by molar-refractivity contribution is 6.02. The molecule has 1 aliphatic heterocycles. The van der Waals surface area contributed by atoms with Crippen LogP contribution in [0.5, 0.6) is 0 Å². The lowest BCUT2D eigenvalue weighted by atomic mass is 10.1. The molecule has 1 saturated heterocycles. The standard InChI is InChI=1S/C17H25N3O2/c1-13-7-8-15(14(2)11-13)18-17(22)19-16(21)12-20-9-5-3-4-6-10-20/h7-8,11H,3-6,9-10,12H2,1-2H3,(H2,18,19,21,22). The zero-order chi connectivity index (χ0) is 15.9. The Balaban J connectivity index is 1.81. The van der Waals surface area contributed by atoms with E-state index in [1.54, 1.807) is 0 Å². The van der Waals surface area contributed by atoms with Crippen molar-refractivity contribution in [3.63, 3.8) is 0 Å². The lowest BCUT2D eigenvalue weighted by molar-refractivity contribution is -0.121. The largest absolute Gasteiger partial charge is 0.325 e. The van der Waals surface area contributed by atoms with Crippen LogP contribution in [0.2, 0.25) is 0 Å². The topological polar surface area (TPSA) is 61.4 Å². The van der Waals surface area contributed by atoms with E-state index in [1.165, 1.54) is 12.8 Å². The van der Waals surface area contributed by atoms with E-state index in [2.05, 4.69) is 15.5 Å². The molecule has 5 nitrogen and oxygen atoms in total. The summed E-state index contributed by atoms with van der Waals surface area (Å²) < 4.78 is 0. The molecule has 2 N–H and O–H groups in total. The molecule has 3 amide bonds. The van der Waals surface area contributed by atoms with Crippen LogP contribution in [0.4, 0.5) is 10.5 Å². The maximum absolute atomic E-state index is 11.9. The maximum atomic E-state index is 11.9. The number of nitrogens with zero attached hydrogens (tertiary/aromatic N) is 1. The van der Waals surface area contributed by atoms with Gasteiger partial charge in [0.15, 0.2) is 0 Å². The molecule has 2 rings (SSSR count). The van der Waals surface area contributed by atoms with Crippen molar-refractivity contribution in [1.82, 2.24) is 10.2 Å². The minimum absolute atomic E-state index is 0.246. The Morgan fingerprint density at radius 2 is 1.77 bits per heavy atom. The fourth-order valence-electron chi connectivity index (χ4n) is 2.77. The number of likely N-dealkylation sites (tertiary alicyclic amines) is 1. The fourth-order valence-corrected chi connectivity index (χ4v) is 2.77. The molecule has 0 radical (unpaired) electrons. The van der Waals surface area contributed by atoms with E-state index in [0.29, 0.717) is 6.54 Å². The summed E-state index contributed by atoms with van der Waals surface area (Å²) in [4.78, 5) is 26.0. The second kappa shape index (κ2) is 7.94. The van der Waals surface area contributed by atoms with Crippen molar-refractivity contribution in [1.29, 1.82) is 0 Å². The smallest absolute Gasteiger partial charge is 0.307 e. The van der Waals surface area contributed by atoms with Crippen LogP contribution in [0, 0.1) is 13.8 Å². The molecule has 0 aliphatic carbocycles. The van der Waals surface area contributed by atoms with E-state index in [9.17, 15) is 9.59 Å². The van der Waals surface area contributed by atoms with Crippen LogP contribution in [0.3, 0.4) is 0 Å². The average Bonchev–Trinajstić information content (AvgIpc) is 2.70. The van der Waals surface area contributed by atoms with Crippen LogP contribution in [-0.4, -0.2) is 36.5 Å². The van der Waals surface area contributed by atoms with Gasteiger partial charge in [-0.3, -0.25) is 15.0 Å². The highest BCUT2D eigenvalue weighted by atomic mass is 16.2. The molecule has 22 heavy (non-hydrogen) atoms. The maximum Gasteiger partial charge on any atom is 0.325 e. The van der Waals surface area contributed by atoms with Gasteiger partial charge in [0.2, 0.25) is 5.91 Å². The zero-order valence-electron chi connectivity index (χ0n) is 13.4. The van der Waals surface area contributed by atoms with Crippen molar-refractivity contribution < 1.29 is 9.59 Å². The van der Waals surface area contributed by atoms with E-state index in [4.69, 9.17) is 0 Å². The van der Waals surface area contributed by atoms with Crippen molar-refractivity contribution in [2.24, 2.45) is 0 Å². The third-order valence-electron chi connectivity index (χ3n) is 3.95. The number of imide groups is 1. The quantitative estimate of drug-likeness (QED) is 0.902. The van der Waals surface area contributed by atoms with Gasteiger partial charge in [-0.05, 0) is 51.4 Å². The minimum atomic E-state index is -0.466. The average molecular weight is 303 g/mol. The molecule has 120 valence electrons. The summed E-state index contributed by atoms with van der Waals surface area (Å²) in [6.45, 7) is 6.10. The normalized spacial score (nSPS) is 15.9. The van der Waals surface area contributed by atoms with Crippen molar-refractivity contribution in [2.45, 2.75) is 39.5 Å². The molecular formula is C17H25N3O2. The molecule has 0 bridgehead atoms. The van der Waals surface area contributed by atoms with Crippen LogP contribution in [0.15, 0.2) is 18.2 Å². The predicted molar refractivity (Wildman–Crippen MR) is 88.0 cm³/mol. The zero-order valence-corrected chi connectivity index (χ0v) is 13.4. The molecule has 0 saturated carbocycles. The number of urea groups is 1. The first-order valence-electron chi connectivity index (χ1n) is 7.95. The monoisotopic (exact) mass is 303 g/mol. The summed E-state index contributed by atoms with van der Waals surface area (Å²) in [5, 5.41) is 5.14. The van der Waals surface area contributed by atoms with E-state index in [1.807, 2.05) is 32.0 Å². The first-order valence-corrected chi connectivity index (χ1v) is 7.95. The summed E-state index contributed by atoms with van der Waals surface area (Å²) in [5.74, 6) is -0.246. The Bertz CT molecular complexity index is 535. The third-order valence-corrected chi connectivity index (χ3v) is 3.95. The first kappa shape index (κ1) is 16.5. The number of nitrogens with one attached hydrogen (secondary N) is 2. The second-order valence-corrected chi connectivity index (χ2v) is 6.01. The first-order chi connectivity index (χ1) is 10.5. The number of hydrogen-bond acceptors (Lipinski definition) is 3. The van der Waals surface area contributed by atoms with Gasteiger partial charge in [-0.1, -0.05) is 30.5 Å². The number of carbonyl (C=O) groups excluding carboxylic acids is 2. The van der Waals surface area contributed by atoms with Crippen LogP contribution < -0.4 is 10.6 Å². The van der Waals surface area contributed by atoms with E-state index >= 15 is 0 Å². The van der Waals surface area contributed by atoms with E-state index < -0.39 is 6.03 Å². The van der Waals surface area contributed by atoms with Gasteiger partial charge < -0.3 is 5.32 Å². The van der Waals surface area contributed by atoms with Gasteiger partial charge in [-0.15, -0.1) is 0 Å². The minimum Gasteiger partial charge on any atom is -0.307 e. The number of rotatable bonds is 3. The summed E-state index contributed by atoms with van der Waals surface area (Å²) in [6, 6.07) is 5.31. The number of carbonyl (C=O) groups is 2. The summed E-state index contributed by atoms with van der Waals surface area (Å²) in [6.07, 6.45) is 4.71. The van der Waals surface area contributed by atoms with Crippen molar-refractivity contribution in [3.05, 3.63) is 29.3 Å². The molecule has 1 aliphatic rings.